The number of hydrogen-bond acceptors (Lipinski definition) is 4. The summed E-state index contributed by atoms with van der Waals surface area (Å²) < 4.78 is 15.2. The number of allylic oxidation sites excluding steroid dienone is 5. The molecule has 1 amide bonds. The average Bonchev–Trinajstić information content (AvgIpc) is 3.17. The molecule has 0 aliphatic rings. The maximum absolute atomic E-state index is 15.2. The van der Waals surface area contributed by atoms with Crippen LogP contribution in [0.1, 0.15) is 13.8 Å². The van der Waals surface area contributed by atoms with Crippen molar-refractivity contribution in [2.75, 3.05) is 5.32 Å². The van der Waals surface area contributed by atoms with Crippen molar-refractivity contribution in [1.82, 2.24) is 9.97 Å². The molecule has 0 saturated carbocycles. The molecule has 3 rings (SSSR count). The van der Waals surface area contributed by atoms with Crippen molar-refractivity contribution in [3.05, 3.63) is 95.6 Å². The van der Waals surface area contributed by atoms with Gasteiger partial charge in [-0.3, -0.25) is 4.79 Å². The van der Waals surface area contributed by atoms with Gasteiger partial charge in [-0.2, -0.15) is 0 Å². The van der Waals surface area contributed by atoms with Crippen LogP contribution in [-0.4, -0.2) is 15.9 Å². The van der Waals surface area contributed by atoms with Crippen LogP contribution in [0.2, 0.25) is 0 Å². The number of rotatable bonds is 7. The number of carbonyl (C=O) groups is 1. The standard InChI is InChI=1S/C27H28FN5O/c1-5-6-7-19(13-29)17(4)12-21-23(14-30)33-26-25(21)24(22(28)15-31-26)18-8-10-20(11-9-18)32-27(34)16(2)3/h5-16H,1,4,29-30H2,2-3H3,(H,31,33)(H,32,34)/b7-6-,19-13+,21-12+,23-14+. The molecular formula is C27H28FN5O. The predicted octanol–water partition coefficient (Wildman–Crippen LogP) is 3.58. The van der Waals surface area contributed by atoms with Crippen LogP contribution in [0.5, 0.6) is 0 Å². The van der Waals surface area contributed by atoms with E-state index in [0.29, 0.717) is 49.6 Å². The monoisotopic (exact) mass is 457 g/mol. The first-order chi connectivity index (χ1) is 16.3. The van der Waals surface area contributed by atoms with E-state index >= 15 is 4.39 Å². The SMILES string of the molecule is C=C/C=C\C(=C/N)C(=C)/C=c1\c(=C/N)[nH]c2ncc(F)c(-c3ccc(NC(=O)C(C)C)cc3)c12. The minimum absolute atomic E-state index is 0.0938. The van der Waals surface area contributed by atoms with E-state index in [-0.39, 0.29) is 11.8 Å². The van der Waals surface area contributed by atoms with Gasteiger partial charge in [-0.15, -0.1) is 0 Å². The average molecular weight is 458 g/mol. The van der Waals surface area contributed by atoms with Crippen LogP contribution in [0.15, 0.2) is 79.2 Å². The number of nitrogens with one attached hydrogen (secondary N) is 2. The zero-order valence-electron chi connectivity index (χ0n) is 19.2. The number of fused-ring (bicyclic) bond motifs is 1. The zero-order valence-corrected chi connectivity index (χ0v) is 19.2. The molecule has 0 aliphatic heterocycles. The van der Waals surface area contributed by atoms with E-state index in [1.54, 1.807) is 48.6 Å². The van der Waals surface area contributed by atoms with Crippen molar-refractivity contribution < 1.29 is 9.18 Å². The molecular weight excluding hydrogens is 429 g/mol. The van der Waals surface area contributed by atoms with Crippen molar-refractivity contribution >= 4 is 34.9 Å². The van der Waals surface area contributed by atoms with Crippen molar-refractivity contribution in [2.24, 2.45) is 17.4 Å². The Balaban J connectivity index is 2.22. The third kappa shape index (κ3) is 4.99. The van der Waals surface area contributed by atoms with E-state index in [1.807, 2.05) is 13.8 Å². The minimum atomic E-state index is -0.490. The number of nitrogens with two attached hydrogens (primary N) is 2. The van der Waals surface area contributed by atoms with Crippen molar-refractivity contribution in [2.45, 2.75) is 13.8 Å². The Morgan fingerprint density at radius 3 is 2.53 bits per heavy atom. The molecule has 2 aromatic heterocycles. The molecule has 6 nitrogen and oxygen atoms in total. The van der Waals surface area contributed by atoms with Gasteiger partial charge in [-0.1, -0.05) is 57.4 Å². The summed E-state index contributed by atoms with van der Waals surface area (Å²) in [5.74, 6) is -0.734. The topological polar surface area (TPSA) is 110 Å². The van der Waals surface area contributed by atoms with E-state index in [9.17, 15) is 4.79 Å². The maximum atomic E-state index is 15.2. The first-order valence-corrected chi connectivity index (χ1v) is 10.7. The Morgan fingerprint density at radius 2 is 1.94 bits per heavy atom. The number of nitrogens with zero attached hydrogens (tertiary/aromatic N) is 1. The van der Waals surface area contributed by atoms with Crippen LogP contribution in [0, 0.1) is 11.7 Å². The summed E-state index contributed by atoms with van der Waals surface area (Å²) in [6.45, 7) is 11.4. The fraction of sp³-hybridized carbons (Fsp3) is 0.111. The summed E-state index contributed by atoms with van der Waals surface area (Å²) in [7, 11) is 0. The lowest BCUT2D eigenvalue weighted by Crippen LogP contribution is -2.25. The maximum Gasteiger partial charge on any atom is 0.226 e. The van der Waals surface area contributed by atoms with Gasteiger partial charge in [-0.25, -0.2) is 9.37 Å². The highest BCUT2D eigenvalue weighted by atomic mass is 19.1. The van der Waals surface area contributed by atoms with Crippen LogP contribution in [0.25, 0.3) is 34.4 Å². The first kappa shape index (κ1) is 24.3. The van der Waals surface area contributed by atoms with Gasteiger partial charge in [0.2, 0.25) is 5.91 Å². The number of hydrogen-bond donors (Lipinski definition) is 4. The quantitative estimate of drug-likeness (QED) is 0.407. The van der Waals surface area contributed by atoms with E-state index in [0.717, 1.165) is 0 Å². The number of aromatic amines is 1. The molecule has 0 radical (unpaired) electrons. The van der Waals surface area contributed by atoms with E-state index in [1.165, 1.54) is 18.6 Å². The smallest absolute Gasteiger partial charge is 0.226 e. The van der Waals surface area contributed by atoms with Gasteiger partial charge in [0, 0.05) is 40.2 Å². The number of halogens is 1. The van der Waals surface area contributed by atoms with Gasteiger partial charge in [0.25, 0.3) is 0 Å². The molecule has 174 valence electrons. The molecule has 1 aromatic carbocycles. The third-order valence-electron chi connectivity index (χ3n) is 5.26. The first-order valence-electron chi connectivity index (χ1n) is 10.7. The highest BCUT2D eigenvalue weighted by Crippen LogP contribution is 2.29. The van der Waals surface area contributed by atoms with Crippen LogP contribution < -0.4 is 27.4 Å². The number of carbonyl (C=O) groups excluding carboxylic acids is 1. The molecule has 0 aliphatic carbocycles. The van der Waals surface area contributed by atoms with Gasteiger partial charge in [0.1, 0.15) is 11.5 Å². The lowest BCUT2D eigenvalue weighted by molar-refractivity contribution is -0.118. The number of pyridine rings is 1. The molecule has 0 bridgehead atoms. The van der Waals surface area contributed by atoms with Gasteiger partial charge < -0.3 is 21.8 Å². The second-order valence-electron chi connectivity index (χ2n) is 7.93. The van der Waals surface area contributed by atoms with Crippen molar-refractivity contribution in [1.29, 1.82) is 0 Å². The molecule has 0 atom stereocenters. The van der Waals surface area contributed by atoms with E-state index in [2.05, 4.69) is 28.4 Å². The summed E-state index contributed by atoms with van der Waals surface area (Å²) in [5, 5.41) is 4.59. The lowest BCUT2D eigenvalue weighted by atomic mass is 10.00. The highest BCUT2D eigenvalue weighted by Gasteiger charge is 2.16. The van der Waals surface area contributed by atoms with Crippen molar-refractivity contribution in [3.63, 3.8) is 0 Å². The number of aromatic nitrogens is 2. The molecule has 2 heterocycles. The molecule has 0 saturated heterocycles. The van der Waals surface area contributed by atoms with Crippen LogP contribution in [0.4, 0.5) is 10.1 Å². The second kappa shape index (κ2) is 10.5. The molecule has 0 unspecified atom stereocenters. The molecule has 6 N–H and O–H groups in total. The number of H-pyrrole nitrogens is 1. The Kier molecular flexibility index (Phi) is 7.48. The van der Waals surface area contributed by atoms with E-state index < -0.39 is 5.82 Å². The second-order valence-corrected chi connectivity index (χ2v) is 7.93. The summed E-state index contributed by atoms with van der Waals surface area (Å²) in [6.07, 6.45) is 10.9. The van der Waals surface area contributed by atoms with Crippen LogP contribution >= 0.6 is 0 Å². The van der Waals surface area contributed by atoms with E-state index in [4.69, 9.17) is 11.5 Å². The van der Waals surface area contributed by atoms with Gasteiger partial charge in [-0.05, 0) is 34.9 Å². The zero-order chi connectivity index (χ0) is 24.8. The summed E-state index contributed by atoms with van der Waals surface area (Å²) in [6, 6.07) is 6.98. The molecule has 3 aromatic rings. The Labute approximate surface area is 197 Å². The predicted molar refractivity (Wildman–Crippen MR) is 138 cm³/mol. The Bertz CT molecular complexity index is 1430. The normalized spacial score (nSPS) is 13.2. The van der Waals surface area contributed by atoms with Gasteiger partial charge in [0.15, 0.2) is 0 Å². The van der Waals surface area contributed by atoms with Crippen molar-refractivity contribution in [3.8, 4) is 11.1 Å². The lowest BCUT2D eigenvalue weighted by Gasteiger charge is -2.10. The number of anilines is 1. The fourth-order valence-corrected chi connectivity index (χ4v) is 3.44. The number of amides is 1. The van der Waals surface area contributed by atoms with Crippen LogP contribution in [0.3, 0.4) is 0 Å². The summed E-state index contributed by atoms with van der Waals surface area (Å²) in [5.41, 5.74) is 15.0. The number of benzene rings is 1. The molecule has 0 fully saturated rings. The molecule has 0 spiro atoms. The van der Waals surface area contributed by atoms with Crippen LogP contribution in [-0.2, 0) is 4.79 Å². The fourth-order valence-electron chi connectivity index (χ4n) is 3.44. The third-order valence-corrected chi connectivity index (χ3v) is 5.26. The Hall–Kier alpha value is -4.39. The molecule has 7 heteroatoms. The minimum Gasteiger partial charge on any atom is -0.404 e. The summed E-state index contributed by atoms with van der Waals surface area (Å²) in [4.78, 5) is 19.3. The molecule has 34 heavy (non-hydrogen) atoms. The highest BCUT2D eigenvalue weighted by molar-refractivity contribution is 5.96. The van der Waals surface area contributed by atoms with Gasteiger partial charge in [0.05, 0.1) is 11.5 Å². The van der Waals surface area contributed by atoms with Gasteiger partial charge >= 0.3 is 0 Å². The Morgan fingerprint density at radius 1 is 1.24 bits per heavy atom. The summed E-state index contributed by atoms with van der Waals surface area (Å²) >= 11 is 0. The largest absolute Gasteiger partial charge is 0.404 e.